The van der Waals surface area contributed by atoms with E-state index in [1.165, 1.54) is 0 Å². The maximum absolute atomic E-state index is 12.8. The molecule has 0 saturated heterocycles. The molecule has 6 heteroatoms. The summed E-state index contributed by atoms with van der Waals surface area (Å²) in [5, 5.41) is 8.62. The average Bonchev–Trinajstić information content (AvgIpc) is 2.87. The number of aliphatic carboxylic acids is 1. The van der Waals surface area contributed by atoms with Crippen molar-refractivity contribution in [2.75, 3.05) is 13.7 Å². The standard InChI is InChI=1S/C20H26N2O4/c1-13(2)22-14(3)10-18(15(22)4)20(25)21(5)11-16-6-8-17(9-7-16)26-12-19(23)24/h6-10,13H,11-12H2,1-5H3,(H,23,24). The minimum Gasteiger partial charge on any atom is -0.482 e. The molecule has 6 nitrogen and oxygen atoms in total. The Morgan fingerprint density at radius 1 is 1.19 bits per heavy atom. The molecule has 0 fully saturated rings. The van der Waals surface area contributed by atoms with Crippen molar-refractivity contribution < 1.29 is 19.4 Å². The Hall–Kier alpha value is -2.76. The van der Waals surface area contributed by atoms with Crippen LogP contribution in [0.2, 0.25) is 0 Å². The van der Waals surface area contributed by atoms with E-state index in [4.69, 9.17) is 9.84 Å². The van der Waals surface area contributed by atoms with Crippen LogP contribution in [0.15, 0.2) is 30.3 Å². The van der Waals surface area contributed by atoms with Crippen LogP contribution in [-0.2, 0) is 11.3 Å². The number of hydrogen-bond acceptors (Lipinski definition) is 3. The van der Waals surface area contributed by atoms with Crippen LogP contribution in [0.4, 0.5) is 0 Å². The van der Waals surface area contributed by atoms with Crippen LogP contribution in [-0.4, -0.2) is 40.1 Å². The fraction of sp³-hybridized carbons (Fsp3) is 0.400. The molecule has 1 amide bonds. The van der Waals surface area contributed by atoms with Gasteiger partial charge < -0.3 is 19.3 Å². The maximum atomic E-state index is 12.8. The van der Waals surface area contributed by atoms with Crippen molar-refractivity contribution in [3.63, 3.8) is 0 Å². The number of rotatable bonds is 7. The third kappa shape index (κ3) is 4.45. The first-order valence-electron chi connectivity index (χ1n) is 8.58. The highest BCUT2D eigenvalue weighted by Crippen LogP contribution is 2.22. The molecule has 1 N–H and O–H groups in total. The predicted octanol–water partition coefficient (Wildman–Crippen LogP) is 3.42. The lowest BCUT2D eigenvalue weighted by Gasteiger charge is -2.18. The first-order chi connectivity index (χ1) is 12.2. The number of aromatic nitrogens is 1. The molecule has 1 aromatic carbocycles. The fourth-order valence-corrected chi connectivity index (χ4v) is 3.18. The first kappa shape index (κ1) is 19.6. The van der Waals surface area contributed by atoms with Crippen molar-refractivity contribution in [1.29, 1.82) is 0 Å². The zero-order valence-corrected chi connectivity index (χ0v) is 15.9. The monoisotopic (exact) mass is 358 g/mol. The van der Waals surface area contributed by atoms with Gasteiger partial charge in [0.05, 0.1) is 5.56 Å². The Kier molecular flexibility index (Phi) is 6.08. The number of benzene rings is 1. The number of carboxylic acid groups (broad SMARTS) is 1. The molecule has 2 rings (SSSR count). The van der Waals surface area contributed by atoms with E-state index in [1.807, 2.05) is 32.0 Å². The number of ether oxygens (including phenoxy) is 1. The highest BCUT2D eigenvalue weighted by Gasteiger charge is 2.20. The normalized spacial score (nSPS) is 10.8. The summed E-state index contributed by atoms with van der Waals surface area (Å²) in [5.41, 5.74) is 3.72. The number of nitrogens with zero attached hydrogens (tertiary/aromatic N) is 2. The molecule has 2 aromatic rings. The molecule has 0 unspecified atom stereocenters. The largest absolute Gasteiger partial charge is 0.482 e. The first-order valence-corrected chi connectivity index (χ1v) is 8.58. The van der Waals surface area contributed by atoms with Gasteiger partial charge in [-0.15, -0.1) is 0 Å². The fourth-order valence-electron chi connectivity index (χ4n) is 3.18. The summed E-state index contributed by atoms with van der Waals surface area (Å²) in [6, 6.07) is 9.33. The number of amides is 1. The van der Waals surface area contributed by atoms with Crippen molar-refractivity contribution >= 4 is 11.9 Å². The summed E-state index contributed by atoms with van der Waals surface area (Å²) in [5.74, 6) is -0.541. The Morgan fingerprint density at radius 2 is 1.81 bits per heavy atom. The summed E-state index contributed by atoms with van der Waals surface area (Å²) in [6.45, 7) is 8.28. The molecule has 0 saturated carbocycles. The van der Waals surface area contributed by atoms with Gasteiger partial charge in [0.15, 0.2) is 6.61 Å². The molecule has 26 heavy (non-hydrogen) atoms. The maximum Gasteiger partial charge on any atom is 0.341 e. The van der Waals surface area contributed by atoms with E-state index in [9.17, 15) is 9.59 Å². The molecule has 0 aliphatic carbocycles. The number of carbonyl (C=O) groups excluding carboxylic acids is 1. The summed E-state index contributed by atoms with van der Waals surface area (Å²) < 4.78 is 7.28. The van der Waals surface area contributed by atoms with Gasteiger partial charge in [0.2, 0.25) is 0 Å². The molecule has 140 valence electrons. The predicted molar refractivity (Wildman–Crippen MR) is 99.7 cm³/mol. The summed E-state index contributed by atoms with van der Waals surface area (Å²) in [6.07, 6.45) is 0. The van der Waals surface area contributed by atoms with Gasteiger partial charge in [-0.2, -0.15) is 0 Å². The smallest absolute Gasteiger partial charge is 0.341 e. The highest BCUT2D eigenvalue weighted by molar-refractivity contribution is 5.95. The molecule has 1 aromatic heterocycles. The molecular formula is C20H26N2O4. The summed E-state index contributed by atoms with van der Waals surface area (Å²) >= 11 is 0. The van der Waals surface area contributed by atoms with Gasteiger partial charge in [0, 0.05) is 31.0 Å². The molecular weight excluding hydrogens is 332 g/mol. The number of aryl methyl sites for hydroxylation is 1. The van der Waals surface area contributed by atoms with E-state index >= 15 is 0 Å². The number of hydrogen-bond donors (Lipinski definition) is 1. The second-order valence-electron chi connectivity index (χ2n) is 6.74. The third-order valence-electron chi connectivity index (χ3n) is 4.28. The Balaban J connectivity index is 2.08. The van der Waals surface area contributed by atoms with Crippen molar-refractivity contribution in [3.05, 3.63) is 52.8 Å². The van der Waals surface area contributed by atoms with E-state index in [0.717, 1.165) is 22.5 Å². The summed E-state index contributed by atoms with van der Waals surface area (Å²) in [4.78, 5) is 25.0. The lowest BCUT2D eigenvalue weighted by Crippen LogP contribution is -2.26. The highest BCUT2D eigenvalue weighted by atomic mass is 16.5. The van der Waals surface area contributed by atoms with Crippen LogP contribution in [0.1, 0.15) is 47.2 Å². The Labute approximate surface area is 154 Å². The van der Waals surface area contributed by atoms with E-state index in [0.29, 0.717) is 18.3 Å². The number of carbonyl (C=O) groups is 2. The van der Waals surface area contributed by atoms with Gasteiger partial charge in [0.25, 0.3) is 5.91 Å². The zero-order chi connectivity index (χ0) is 19.4. The molecule has 0 atom stereocenters. The minimum absolute atomic E-state index is 0.0174. The van der Waals surface area contributed by atoms with Crippen LogP contribution in [0.25, 0.3) is 0 Å². The van der Waals surface area contributed by atoms with Gasteiger partial charge in [-0.05, 0) is 51.5 Å². The Bertz CT molecular complexity index is 791. The minimum atomic E-state index is -1.02. The van der Waals surface area contributed by atoms with Crippen LogP contribution >= 0.6 is 0 Å². The van der Waals surface area contributed by atoms with Crippen molar-refractivity contribution in [3.8, 4) is 5.75 Å². The summed E-state index contributed by atoms with van der Waals surface area (Å²) in [7, 11) is 1.78. The number of carboxylic acids is 1. The van der Waals surface area contributed by atoms with Gasteiger partial charge in [-0.1, -0.05) is 12.1 Å². The Morgan fingerprint density at radius 3 is 2.31 bits per heavy atom. The molecule has 1 heterocycles. The molecule has 0 radical (unpaired) electrons. The molecule has 0 aliphatic rings. The van der Waals surface area contributed by atoms with Gasteiger partial charge >= 0.3 is 5.97 Å². The van der Waals surface area contributed by atoms with E-state index in [2.05, 4.69) is 18.4 Å². The third-order valence-corrected chi connectivity index (χ3v) is 4.28. The SMILES string of the molecule is Cc1cc(C(=O)N(C)Cc2ccc(OCC(=O)O)cc2)c(C)n1C(C)C. The van der Waals surface area contributed by atoms with Gasteiger partial charge in [0.1, 0.15) is 5.75 Å². The van der Waals surface area contributed by atoms with Crippen LogP contribution < -0.4 is 4.74 Å². The second kappa shape index (κ2) is 8.08. The van der Waals surface area contributed by atoms with Crippen molar-refractivity contribution in [2.45, 2.75) is 40.3 Å². The molecule has 0 spiro atoms. The second-order valence-corrected chi connectivity index (χ2v) is 6.74. The van der Waals surface area contributed by atoms with E-state index in [-0.39, 0.29) is 12.5 Å². The van der Waals surface area contributed by atoms with Crippen molar-refractivity contribution in [1.82, 2.24) is 9.47 Å². The van der Waals surface area contributed by atoms with Crippen LogP contribution in [0.5, 0.6) is 5.75 Å². The lowest BCUT2D eigenvalue weighted by molar-refractivity contribution is -0.139. The van der Waals surface area contributed by atoms with Crippen molar-refractivity contribution in [2.24, 2.45) is 0 Å². The van der Waals surface area contributed by atoms with Gasteiger partial charge in [-0.3, -0.25) is 4.79 Å². The van der Waals surface area contributed by atoms with Crippen LogP contribution in [0.3, 0.4) is 0 Å². The van der Waals surface area contributed by atoms with E-state index < -0.39 is 5.97 Å². The molecule has 0 aliphatic heterocycles. The van der Waals surface area contributed by atoms with Gasteiger partial charge in [-0.25, -0.2) is 4.79 Å². The topological polar surface area (TPSA) is 71.8 Å². The molecule has 0 bridgehead atoms. The van der Waals surface area contributed by atoms with Crippen LogP contribution in [0, 0.1) is 13.8 Å². The quantitative estimate of drug-likeness (QED) is 0.823. The van der Waals surface area contributed by atoms with E-state index in [1.54, 1.807) is 24.1 Å². The zero-order valence-electron chi connectivity index (χ0n) is 15.9. The average molecular weight is 358 g/mol. The lowest BCUT2D eigenvalue weighted by atomic mass is 10.1.